The number of halogens is 1. The van der Waals surface area contributed by atoms with E-state index in [0.717, 1.165) is 36.6 Å². The molecular weight excluding hydrogens is 284 g/mol. The van der Waals surface area contributed by atoms with Crippen molar-refractivity contribution in [1.29, 1.82) is 0 Å². The van der Waals surface area contributed by atoms with Crippen LogP contribution in [-0.2, 0) is 11.3 Å². The average Bonchev–Trinajstić information content (AvgIpc) is 2.53. The molecule has 1 aromatic rings. The highest BCUT2D eigenvalue weighted by atomic mass is 35.5. The standard InChI is InChI=1S/C17H25ClN2O/c1-2-20(13-15-5-3-4-6-16(15)18)17(21)8-7-14-9-11-19-12-10-14/h3-6,14,19H,2,7-13H2,1H3. The zero-order chi connectivity index (χ0) is 15.1. The highest BCUT2D eigenvalue weighted by Gasteiger charge is 2.18. The fourth-order valence-corrected chi connectivity index (χ4v) is 3.06. The third-order valence-corrected chi connectivity index (χ3v) is 4.65. The molecular formula is C17H25ClN2O. The third kappa shape index (κ3) is 5.01. The monoisotopic (exact) mass is 308 g/mol. The number of carbonyl (C=O) groups excluding carboxylic acids is 1. The molecule has 1 heterocycles. The van der Waals surface area contributed by atoms with Gasteiger partial charge in [-0.1, -0.05) is 29.8 Å². The van der Waals surface area contributed by atoms with Gasteiger partial charge in [0.05, 0.1) is 0 Å². The Bertz CT molecular complexity index is 458. The van der Waals surface area contributed by atoms with Crippen LogP contribution in [0.2, 0.25) is 5.02 Å². The van der Waals surface area contributed by atoms with Crippen LogP contribution in [0, 0.1) is 5.92 Å². The van der Waals surface area contributed by atoms with Crippen molar-refractivity contribution < 1.29 is 4.79 Å². The molecule has 4 heteroatoms. The number of nitrogens with zero attached hydrogens (tertiary/aromatic N) is 1. The number of amides is 1. The molecule has 1 aliphatic heterocycles. The number of hydrogen-bond acceptors (Lipinski definition) is 2. The van der Waals surface area contributed by atoms with Crippen LogP contribution in [0.4, 0.5) is 0 Å². The van der Waals surface area contributed by atoms with Crippen LogP contribution in [0.25, 0.3) is 0 Å². The predicted octanol–water partition coefficient (Wildman–Crippen LogP) is 3.47. The highest BCUT2D eigenvalue weighted by molar-refractivity contribution is 6.31. The van der Waals surface area contributed by atoms with Gasteiger partial charge >= 0.3 is 0 Å². The number of nitrogens with one attached hydrogen (secondary N) is 1. The van der Waals surface area contributed by atoms with Crippen LogP contribution in [-0.4, -0.2) is 30.4 Å². The van der Waals surface area contributed by atoms with E-state index >= 15 is 0 Å². The maximum absolute atomic E-state index is 12.4. The van der Waals surface area contributed by atoms with Gasteiger partial charge < -0.3 is 10.2 Å². The van der Waals surface area contributed by atoms with Gasteiger partial charge in [-0.3, -0.25) is 4.79 Å². The number of hydrogen-bond donors (Lipinski definition) is 1. The van der Waals surface area contributed by atoms with Crippen LogP contribution in [0.3, 0.4) is 0 Å². The van der Waals surface area contributed by atoms with Crippen LogP contribution in [0.5, 0.6) is 0 Å². The third-order valence-electron chi connectivity index (χ3n) is 4.28. The van der Waals surface area contributed by atoms with Crippen molar-refractivity contribution in [2.45, 2.75) is 39.2 Å². The van der Waals surface area contributed by atoms with Crippen molar-refractivity contribution in [2.24, 2.45) is 5.92 Å². The summed E-state index contributed by atoms with van der Waals surface area (Å²) in [7, 11) is 0. The van der Waals surface area contributed by atoms with Gasteiger partial charge in [-0.05, 0) is 56.8 Å². The largest absolute Gasteiger partial charge is 0.339 e. The molecule has 1 fully saturated rings. The first-order valence-corrected chi connectivity index (χ1v) is 8.30. The number of carbonyl (C=O) groups is 1. The molecule has 1 aromatic carbocycles. The second kappa shape index (κ2) is 8.40. The predicted molar refractivity (Wildman–Crippen MR) is 87.4 cm³/mol. The van der Waals surface area contributed by atoms with Crippen molar-refractivity contribution in [1.82, 2.24) is 10.2 Å². The van der Waals surface area contributed by atoms with E-state index < -0.39 is 0 Å². The van der Waals surface area contributed by atoms with Crippen LogP contribution < -0.4 is 5.32 Å². The number of benzene rings is 1. The maximum atomic E-state index is 12.4. The second-order valence-electron chi connectivity index (χ2n) is 5.73. The molecule has 0 saturated carbocycles. The first-order valence-electron chi connectivity index (χ1n) is 7.92. The Hall–Kier alpha value is -1.06. The Morgan fingerprint density at radius 3 is 2.71 bits per heavy atom. The summed E-state index contributed by atoms with van der Waals surface area (Å²) in [5.41, 5.74) is 1.02. The summed E-state index contributed by atoms with van der Waals surface area (Å²) in [6, 6.07) is 7.75. The first kappa shape index (κ1) is 16.3. The quantitative estimate of drug-likeness (QED) is 0.873. The fourth-order valence-electron chi connectivity index (χ4n) is 2.86. The normalized spacial score (nSPS) is 15.9. The molecule has 1 aliphatic rings. The van der Waals surface area contributed by atoms with E-state index in [-0.39, 0.29) is 5.91 Å². The summed E-state index contributed by atoms with van der Waals surface area (Å²) in [5, 5.41) is 4.10. The van der Waals surface area contributed by atoms with Crippen LogP contribution >= 0.6 is 11.6 Å². The molecule has 0 aliphatic carbocycles. The molecule has 0 atom stereocenters. The van der Waals surface area contributed by atoms with E-state index in [0.29, 0.717) is 18.9 Å². The molecule has 0 bridgehead atoms. The Kier molecular flexibility index (Phi) is 6.52. The van der Waals surface area contributed by atoms with Crippen molar-refractivity contribution in [3.63, 3.8) is 0 Å². The molecule has 1 N–H and O–H groups in total. The summed E-state index contributed by atoms with van der Waals surface area (Å²) in [6.45, 7) is 5.56. The van der Waals surface area contributed by atoms with E-state index in [9.17, 15) is 4.79 Å². The molecule has 0 spiro atoms. The molecule has 21 heavy (non-hydrogen) atoms. The topological polar surface area (TPSA) is 32.3 Å². The summed E-state index contributed by atoms with van der Waals surface area (Å²) in [5.74, 6) is 0.949. The van der Waals surface area contributed by atoms with Crippen molar-refractivity contribution in [3.05, 3.63) is 34.9 Å². The summed E-state index contributed by atoms with van der Waals surface area (Å²) in [6.07, 6.45) is 4.07. The molecule has 116 valence electrons. The zero-order valence-corrected chi connectivity index (χ0v) is 13.5. The molecule has 2 rings (SSSR count). The Balaban J connectivity index is 1.85. The SMILES string of the molecule is CCN(Cc1ccccc1Cl)C(=O)CCC1CCNCC1. The fraction of sp³-hybridized carbons (Fsp3) is 0.588. The van der Waals surface area contributed by atoms with Gasteiger partial charge in [-0.15, -0.1) is 0 Å². The summed E-state index contributed by atoms with van der Waals surface area (Å²) < 4.78 is 0. The highest BCUT2D eigenvalue weighted by Crippen LogP contribution is 2.20. The lowest BCUT2D eigenvalue weighted by Crippen LogP contribution is -2.32. The van der Waals surface area contributed by atoms with Gasteiger partial charge in [-0.25, -0.2) is 0 Å². The molecule has 1 amide bonds. The van der Waals surface area contributed by atoms with Crippen LogP contribution in [0.15, 0.2) is 24.3 Å². The molecule has 0 unspecified atom stereocenters. The van der Waals surface area contributed by atoms with E-state index in [1.165, 1.54) is 12.8 Å². The molecule has 3 nitrogen and oxygen atoms in total. The average molecular weight is 309 g/mol. The van der Waals surface area contributed by atoms with Crippen molar-refractivity contribution >= 4 is 17.5 Å². The maximum Gasteiger partial charge on any atom is 0.222 e. The molecule has 1 saturated heterocycles. The lowest BCUT2D eigenvalue weighted by molar-refractivity contribution is -0.132. The minimum atomic E-state index is 0.246. The van der Waals surface area contributed by atoms with Gasteiger partial charge in [0.2, 0.25) is 5.91 Å². The smallest absolute Gasteiger partial charge is 0.222 e. The minimum Gasteiger partial charge on any atom is -0.339 e. The summed E-state index contributed by atoms with van der Waals surface area (Å²) in [4.78, 5) is 14.3. The van der Waals surface area contributed by atoms with E-state index in [2.05, 4.69) is 5.32 Å². The Labute approximate surface area is 132 Å². The van der Waals surface area contributed by atoms with Crippen LogP contribution in [0.1, 0.15) is 38.2 Å². The molecule has 0 aromatic heterocycles. The minimum absolute atomic E-state index is 0.246. The molecule has 0 radical (unpaired) electrons. The van der Waals surface area contributed by atoms with Gasteiger partial charge in [0.15, 0.2) is 0 Å². The number of rotatable bonds is 6. The van der Waals surface area contributed by atoms with Crippen molar-refractivity contribution in [2.75, 3.05) is 19.6 Å². The van der Waals surface area contributed by atoms with Gasteiger partial charge in [0.25, 0.3) is 0 Å². The lowest BCUT2D eigenvalue weighted by atomic mass is 9.93. The zero-order valence-electron chi connectivity index (χ0n) is 12.8. The van der Waals surface area contributed by atoms with E-state index in [1.807, 2.05) is 36.1 Å². The van der Waals surface area contributed by atoms with Gasteiger partial charge in [0.1, 0.15) is 0 Å². The first-order chi connectivity index (χ1) is 10.2. The second-order valence-corrected chi connectivity index (χ2v) is 6.14. The van der Waals surface area contributed by atoms with E-state index in [4.69, 9.17) is 11.6 Å². The number of piperidine rings is 1. The Morgan fingerprint density at radius 1 is 1.33 bits per heavy atom. The Morgan fingerprint density at radius 2 is 2.05 bits per heavy atom. The van der Waals surface area contributed by atoms with E-state index in [1.54, 1.807) is 0 Å². The van der Waals surface area contributed by atoms with Crippen molar-refractivity contribution in [3.8, 4) is 0 Å². The van der Waals surface area contributed by atoms with Gasteiger partial charge in [0, 0.05) is 24.5 Å². The lowest BCUT2D eigenvalue weighted by Gasteiger charge is -2.25. The van der Waals surface area contributed by atoms with Gasteiger partial charge in [-0.2, -0.15) is 0 Å². The summed E-state index contributed by atoms with van der Waals surface area (Å²) >= 11 is 6.18.